The highest BCUT2D eigenvalue weighted by molar-refractivity contribution is 7.91. The number of halogens is 2. The van der Waals surface area contributed by atoms with Crippen molar-refractivity contribution in [2.75, 3.05) is 24.2 Å². The van der Waals surface area contributed by atoms with Crippen molar-refractivity contribution >= 4 is 33.0 Å². The second kappa shape index (κ2) is 11.0. The fourth-order valence-electron chi connectivity index (χ4n) is 4.26. The number of carbonyl (C=O) groups is 1. The average Bonchev–Trinajstić information content (AvgIpc) is 2.87. The number of amides is 1. The predicted molar refractivity (Wildman–Crippen MR) is 139 cm³/mol. The number of anilines is 1. The average molecular weight is 531 g/mol. The van der Waals surface area contributed by atoms with Crippen molar-refractivity contribution in [1.82, 2.24) is 5.32 Å². The first-order valence-electron chi connectivity index (χ1n) is 11.8. The minimum Gasteiger partial charge on any atom is -0.482 e. The van der Waals surface area contributed by atoms with Gasteiger partial charge in [0.2, 0.25) is 5.91 Å². The molecule has 0 aromatic heterocycles. The van der Waals surface area contributed by atoms with E-state index in [1.165, 1.54) is 18.2 Å². The summed E-state index contributed by atoms with van der Waals surface area (Å²) >= 11 is 5.88. The minimum atomic E-state index is -3.27. The molecule has 0 spiro atoms. The van der Waals surface area contributed by atoms with Gasteiger partial charge in [0.05, 0.1) is 22.1 Å². The molecule has 1 saturated heterocycles. The van der Waals surface area contributed by atoms with Crippen LogP contribution in [0.2, 0.25) is 5.02 Å². The van der Waals surface area contributed by atoms with Crippen molar-refractivity contribution in [2.45, 2.75) is 36.7 Å². The summed E-state index contributed by atoms with van der Waals surface area (Å²) in [6.07, 6.45) is 1.46. The number of sulfone groups is 1. The first-order chi connectivity index (χ1) is 17.2. The van der Waals surface area contributed by atoms with Crippen LogP contribution in [0.25, 0.3) is 0 Å². The molecule has 0 saturated carbocycles. The molecule has 1 fully saturated rings. The molecule has 0 bridgehead atoms. The quantitative estimate of drug-likeness (QED) is 0.423. The largest absolute Gasteiger partial charge is 0.482 e. The van der Waals surface area contributed by atoms with E-state index in [4.69, 9.17) is 16.3 Å². The standard InChI is InChI=1S/C27H28ClFN2O4S/c1-2-36(33,34)23-10-3-19(4-11-23)17-26(32)31-21-6-8-22(9-7-21)35-27(13-15-30-16-14-27)20-5-12-24(28)25(29)18-20/h3-12,18,30H,2,13-17H2,1H3,(H,31,32). The molecule has 1 aliphatic rings. The van der Waals surface area contributed by atoms with E-state index in [9.17, 15) is 17.6 Å². The van der Waals surface area contributed by atoms with Gasteiger partial charge in [-0.05, 0) is 72.7 Å². The van der Waals surface area contributed by atoms with Crippen LogP contribution in [0.1, 0.15) is 30.9 Å². The summed E-state index contributed by atoms with van der Waals surface area (Å²) in [5.41, 5.74) is 1.37. The third kappa shape index (κ3) is 6.06. The number of hydrogen-bond acceptors (Lipinski definition) is 5. The highest BCUT2D eigenvalue weighted by atomic mass is 35.5. The Morgan fingerprint density at radius 3 is 2.33 bits per heavy atom. The zero-order chi connectivity index (χ0) is 25.8. The number of rotatable bonds is 8. The van der Waals surface area contributed by atoms with Crippen molar-refractivity contribution in [1.29, 1.82) is 0 Å². The molecule has 190 valence electrons. The van der Waals surface area contributed by atoms with Gasteiger partial charge in [-0.2, -0.15) is 0 Å². The Kier molecular flexibility index (Phi) is 7.97. The zero-order valence-electron chi connectivity index (χ0n) is 19.9. The molecule has 0 atom stereocenters. The fourth-order valence-corrected chi connectivity index (χ4v) is 5.27. The van der Waals surface area contributed by atoms with E-state index >= 15 is 0 Å². The van der Waals surface area contributed by atoms with Crippen LogP contribution in [0.4, 0.5) is 10.1 Å². The molecule has 1 amide bonds. The molecule has 3 aromatic rings. The van der Waals surface area contributed by atoms with Gasteiger partial charge in [-0.25, -0.2) is 12.8 Å². The topological polar surface area (TPSA) is 84.5 Å². The number of carbonyl (C=O) groups excluding carboxylic acids is 1. The van der Waals surface area contributed by atoms with Gasteiger partial charge in [0, 0.05) is 18.5 Å². The van der Waals surface area contributed by atoms with Crippen LogP contribution < -0.4 is 15.4 Å². The van der Waals surface area contributed by atoms with E-state index < -0.39 is 21.3 Å². The third-order valence-electron chi connectivity index (χ3n) is 6.34. The normalized spacial score (nSPS) is 15.3. The van der Waals surface area contributed by atoms with Crippen molar-refractivity contribution in [3.63, 3.8) is 0 Å². The van der Waals surface area contributed by atoms with Crippen LogP contribution in [0, 0.1) is 5.82 Å². The van der Waals surface area contributed by atoms with Crippen LogP contribution >= 0.6 is 11.6 Å². The maximum atomic E-state index is 14.2. The monoisotopic (exact) mass is 530 g/mol. The molecule has 6 nitrogen and oxygen atoms in total. The van der Waals surface area contributed by atoms with Gasteiger partial charge >= 0.3 is 0 Å². The summed E-state index contributed by atoms with van der Waals surface area (Å²) in [6.45, 7) is 3.07. The van der Waals surface area contributed by atoms with E-state index in [1.54, 1.807) is 55.5 Å². The second-order valence-electron chi connectivity index (χ2n) is 8.77. The highest BCUT2D eigenvalue weighted by Gasteiger charge is 2.36. The number of piperidine rings is 1. The van der Waals surface area contributed by atoms with Gasteiger partial charge < -0.3 is 15.4 Å². The van der Waals surface area contributed by atoms with Gasteiger partial charge in [0.25, 0.3) is 0 Å². The Hall–Kier alpha value is -2.94. The van der Waals surface area contributed by atoms with Gasteiger partial charge in [-0.1, -0.05) is 36.7 Å². The summed E-state index contributed by atoms with van der Waals surface area (Å²) in [4.78, 5) is 12.8. The lowest BCUT2D eigenvalue weighted by Crippen LogP contribution is -2.44. The smallest absolute Gasteiger partial charge is 0.228 e. The SMILES string of the molecule is CCS(=O)(=O)c1ccc(CC(=O)Nc2ccc(OC3(c4ccc(Cl)c(F)c4)CCNCC3)cc2)cc1. The van der Waals surface area contributed by atoms with Gasteiger partial charge in [0.1, 0.15) is 17.2 Å². The maximum Gasteiger partial charge on any atom is 0.228 e. The fraction of sp³-hybridized carbons (Fsp3) is 0.296. The molecule has 3 aromatic carbocycles. The number of nitrogens with one attached hydrogen (secondary N) is 2. The summed E-state index contributed by atoms with van der Waals surface area (Å²) in [7, 11) is -3.27. The molecule has 0 aliphatic carbocycles. The third-order valence-corrected chi connectivity index (χ3v) is 8.39. The van der Waals surface area contributed by atoms with Crippen molar-refractivity contribution in [3.8, 4) is 5.75 Å². The van der Waals surface area contributed by atoms with E-state index in [1.807, 2.05) is 0 Å². The Labute approximate surface area is 215 Å². The number of benzene rings is 3. The van der Waals surface area contributed by atoms with Crippen molar-refractivity contribution in [3.05, 3.63) is 88.7 Å². The molecule has 0 radical (unpaired) electrons. The van der Waals surface area contributed by atoms with E-state index in [0.717, 1.165) is 18.7 Å². The molecule has 2 N–H and O–H groups in total. The minimum absolute atomic E-state index is 0.0289. The van der Waals surface area contributed by atoms with E-state index in [2.05, 4.69) is 10.6 Å². The molecular formula is C27H28ClFN2O4S. The Morgan fingerprint density at radius 2 is 1.72 bits per heavy atom. The number of ether oxygens (including phenoxy) is 1. The van der Waals surface area contributed by atoms with Gasteiger partial charge in [0.15, 0.2) is 9.84 Å². The maximum absolute atomic E-state index is 14.2. The molecule has 4 rings (SSSR count). The summed E-state index contributed by atoms with van der Waals surface area (Å²) in [6, 6.07) is 18.2. The molecule has 0 unspecified atom stereocenters. The van der Waals surface area contributed by atoms with Crippen LogP contribution in [0.15, 0.2) is 71.6 Å². The van der Waals surface area contributed by atoms with Crippen LogP contribution in [0.5, 0.6) is 5.75 Å². The molecular weight excluding hydrogens is 503 g/mol. The van der Waals surface area contributed by atoms with Crippen LogP contribution in [-0.4, -0.2) is 33.2 Å². The molecule has 1 heterocycles. The first kappa shape index (κ1) is 26.1. The van der Waals surface area contributed by atoms with Crippen molar-refractivity contribution in [2.24, 2.45) is 0 Å². The summed E-state index contributed by atoms with van der Waals surface area (Å²) in [5.74, 6) is -0.0595. The van der Waals surface area contributed by atoms with Crippen molar-refractivity contribution < 1.29 is 22.3 Å². The first-order valence-corrected chi connectivity index (χ1v) is 13.8. The Bertz CT molecular complexity index is 1320. The summed E-state index contributed by atoms with van der Waals surface area (Å²) in [5, 5.41) is 6.23. The molecule has 36 heavy (non-hydrogen) atoms. The molecule has 1 aliphatic heterocycles. The Morgan fingerprint density at radius 1 is 1.06 bits per heavy atom. The summed E-state index contributed by atoms with van der Waals surface area (Å²) < 4.78 is 44.5. The lowest BCUT2D eigenvalue weighted by molar-refractivity contribution is -0.115. The zero-order valence-corrected chi connectivity index (χ0v) is 21.5. The predicted octanol–water partition coefficient (Wildman–Crippen LogP) is 5.11. The highest BCUT2D eigenvalue weighted by Crippen LogP contribution is 2.37. The lowest BCUT2D eigenvalue weighted by Gasteiger charge is -2.38. The lowest BCUT2D eigenvalue weighted by atomic mass is 9.84. The van der Waals surface area contributed by atoms with E-state index in [-0.39, 0.29) is 28.0 Å². The van der Waals surface area contributed by atoms with Gasteiger partial charge in [-0.3, -0.25) is 4.79 Å². The number of hydrogen-bond donors (Lipinski definition) is 2. The Balaban J connectivity index is 1.42. The van der Waals surface area contributed by atoms with E-state index in [0.29, 0.717) is 29.8 Å². The molecule has 9 heteroatoms. The van der Waals surface area contributed by atoms with Crippen LogP contribution in [-0.2, 0) is 26.7 Å². The second-order valence-corrected chi connectivity index (χ2v) is 11.5. The van der Waals surface area contributed by atoms with Gasteiger partial charge in [-0.15, -0.1) is 0 Å². The van der Waals surface area contributed by atoms with Crippen LogP contribution in [0.3, 0.4) is 0 Å².